The first-order valence-electron chi connectivity index (χ1n) is 6.15. The molecule has 18 heavy (non-hydrogen) atoms. The fourth-order valence-corrected chi connectivity index (χ4v) is 2.43. The number of carbonyl (C=O) groups is 1. The van der Waals surface area contributed by atoms with Gasteiger partial charge in [0.2, 0.25) is 0 Å². The normalized spacial score (nSPS) is 18.2. The van der Waals surface area contributed by atoms with E-state index in [2.05, 4.69) is 34.5 Å². The molecule has 1 atom stereocenters. The zero-order valence-corrected chi connectivity index (χ0v) is 11.2. The van der Waals surface area contributed by atoms with Gasteiger partial charge in [0.15, 0.2) is 0 Å². The van der Waals surface area contributed by atoms with Crippen LogP contribution in [0.25, 0.3) is 0 Å². The Bertz CT molecular complexity index is 422. The van der Waals surface area contributed by atoms with Crippen molar-refractivity contribution in [3.05, 3.63) is 35.4 Å². The van der Waals surface area contributed by atoms with Crippen LogP contribution in [0.2, 0.25) is 0 Å². The Morgan fingerprint density at radius 1 is 1.39 bits per heavy atom. The predicted octanol–water partition coefficient (Wildman–Crippen LogP) is 1.15. The van der Waals surface area contributed by atoms with Crippen molar-refractivity contribution in [2.75, 3.05) is 20.7 Å². The van der Waals surface area contributed by atoms with E-state index >= 15 is 0 Å². The number of methoxy groups -OCH3 is 1. The van der Waals surface area contributed by atoms with Crippen LogP contribution in [-0.4, -0.2) is 37.1 Å². The molecule has 1 aliphatic rings. The van der Waals surface area contributed by atoms with Crippen LogP contribution >= 0.6 is 0 Å². The first kappa shape index (κ1) is 13.1. The van der Waals surface area contributed by atoms with Gasteiger partial charge in [0.25, 0.3) is 0 Å². The molecule has 0 saturated carbocycles. The van der Waals surface area contributed by atoms with Gasteiger partial charge in [-0.25, -0.2) is 0 Å². The van der Waals surface area contributed by atoms with E-state index in [0.717, 1.165) is 13.1 Å². The third-order valence-electron chi connectivity index (χ3n) is 3.63. The van der Waals surface area contributed by atoms with Gasteiger partial charge >= 0.3 is 5.97 Å². The quantitative estimate of drug-likeness (QED) is 0.812. The summed E-state index contributed by atoms with van der Waals surface area (Å²) >= 11 is 0. The molecule has 98 valence electrons. The van der Waals surface area contributed by atoms with Crippen molar-refractivity contribution in [1.29, 1.82) is 0 Å². The minimum absolute atomic E-state index is 0.221. The van der Waals surface area contributed by atoms with E-state index in [4.69, 9.17) is 4.74 Å². The fourth-order valence-electron chi connectivity index (χ4n) is 2.43. The summed E-state index contributed by atoms with van der Waals surface area (Å²) in [5.74, 6) is -0.221. The lowest BCUT2D eigenvalue weighted by molar-refractivity contribution is -0.148. The maximum Gasteiger partial charge on any atom is 0.327 e. The van der Waals surface area contributed by atoms with Crippen LogP contribution in [0.1, 0.15) is 18.1 Å². The predicted molar refractivity (Wildman–Crippen MR) is 70.0 cm³/mol. The van der Waals surface area contributed by atoms with Gasteiger partial charge in [-0.2, -0.15) is 0 Å². The van der Waals surface area contributed by atoms with Crippen molar-refractivity contribution in [2.45, 2.75) is 25.6 Å². The summed E-state index contributed by atoms with van der Waals surface area (Å²) < 4.78 is 4.87. The monoisotopic (exact) mass is 248 g/mol. The molecule has 0 saturated heterocycles. The maximum atomic E-state index is 11.8. The molecule has 0 spiro atoms. The number of esters is 1. The lowest BCUT2D eigenvalue weighted by atomic mass is 10.0. The summed E-state index contributed by atoms with van der Waals surface area (Å²) in [7, 11) is 3.22. The van der Waals surface area contributed by atoms with Gasteiger partial charge in [0.1, 0.15) is 5.54 Å². The summed E-state index contributed by atoms with van der Waals surface area (Å²) in [5.41, 5.74) is 2.04. The smallest absolute Gasteiger partial charge is 0.327 e. The third kappa shape index (κ3) is 2.40. The molecule has 2 rings (SSSR count). The van der Waals surface area contributed by atoms with E-state index < -0.39 is 5.54 Å². The molecule has 1 aromatic carbocycles. The van der Waals surface area contributed by atoms with Crippen molar-refractivity contribution in [3.8, 4) is 0 Å². The average Bonchev–Trinajstić information content (AvgIpc) is 2.79. The summed E-state index contributed by atoms with van der Waals surface area (Å²) in [6.45, 7) is 4.31. The number of nitrogens with zero attached hydrogens (tertiary/aromatic N) is 1. The van der Waals surface area contributed by atoms with E-state index in [0.29, 0.717) is 6.54 Å². The molecule has 4 nitrogen and oxygen atoms in total. The molecule has 0 radical (unpaired) electrons. The topological polar surface area (TPSA) is 41.6 Å². The number of benzene rings is 1. The second-order valence-corrected chi connectivity index (χ2v) is 4.99. The lowest BCUT2D eigenvalue weighted by Gasteiger charge is -2.30. The Balaban J connectivity index is 2.06. The van der Waals surface area contributed by atoms with Crippen LogP contribution in [0.5, 0.6) is 0 Å². The largest absolute Gasteiger partial charge is 0.468 e. The fraction of sp³-hybridized carbons (Fsp3) is 0.500. The molecular weight excluding hydrogens is 228 g/mol. The Morgan fingerprint density at radius 3 is 2.39 bits per heavy atom. The van der Waals surface area contributed by atoms with Crippen molar-refractivity contribution in [2.24, 2.45) is 0 Å². The first-order valence-corrected chi connectivity index (χ1v) is 6.15. The number of hydrogen-bond donors (Lipinski definition) is 1. The number of hydrogen-bond acceptors (Lipinski definition) is 4. The van der Waals surface area contributed by atoms with Crippen molar-refractivity contribution in [3.63, 3.8) is 0 Å². The van der Waals surface area contributed by atoms with Gasteiger partial charge in [-0.05, 0) is 25.1 Å². The molecule has 1 N–H and O–H groups in total. The Morgan fingerprint density at radius 2 is 1.94 bits per heavy atom. The zero-order valence-electron chi connectivity index (χ0n) is 11.2. The van der Waals surface area contributed by atoms with Crippen molar-refractivity contribution < 1.29 is 9.53 Å². The molecule has 0 amide bonds. The minimum Gasteiger partial charge on any atom is -0.468 e. The average molecular weight is 248 g/mol. The molecule has 1 aromatic rings. The standard InChI is InChI=1S/C14H20N2O2/c1-14(15-2,13(17)18-3)10-16-8-11-6-4-5-7-12(11)9-16/h4-7,15H,8-10H2,1-3H3. The first-order chi connectivity index (χ1) is 8.59. The number of carbonyl (C=O) groups excluding carboxylic acids is 1. The van der Waals surface area contributed by atoms with Crippen molar-refractivity contribution >= 4 is 5.97 Å². The second-order valence-electron chi connectivity index (χ2n) is 4.99. The van der Waals surface area contributed by atoms with Gasteiger partial charge in [-0.3, -0.25) is 9.69 Å². The highest BCUT2D eigenvalue weighted by molar-refractivity contribution is 5.80. The molecule has 1 unspecified atom stereocenters. The highest BCUT2D eigenvalue weighted by Crippen LogP contribution is 2.24. The van der Waals surface area contributed by atoms with Crippen LogP contribution in [0.15, 0.2) is 24.3 Å². The summed E-state index contributed by atoms with van der Waals surface area (Å²) in [5, 5.41) is 3.07. The van der Waals surface area contributed by atoms with Crippen LogP contribution in [-0.2, 0) is 22.6 Å². The summed E-state index contributed by atoms with van der Waals surface area (Å²) in [4.78, 5) is 14.1. The zero-order chi connectivity index (χ0) is 13.2. The van der Waals surface area contributed by atoms with Crippen LogP contribution < -0.4 is 5.32 Å². The molecule has 1 aliphatic heterocycles. The number of fused-ring (bicyclic) bond motifs is 1. The van der Waals surface area contributed by atoms with E-state index in [1.807, 2.05) is 6.92 Å². The molecular formula is C14H20N2O2. The number of nitrogens with one attached hydrogen (secondary N) is 1. The van der Waals surface area contributed by atoms with Gasteiger partial charge in [-0.1, -0.05) is 24.3 Å². The molecule has 0 aliphatic carbocycles. The van der Waals surface area contributed by atoms with Gasteiger partial charge in [0, 0.05) is 19.6 Å². The van der Waals surface area contributed by atoms with E-state index in [1.54, 1.807) is 7.05 Å². The van der Waals surface area contributed by atoms with Gasteiger partial charge in [-0.15, -0.1) is 0 Å². The van der Waals surface area contributed by atoms with Gasteiger partial charge in [0.05, 0.1) is 7.11 Å². The Hall–Kier alpha value is -1.39. The summed E-state index contributed by atoms with van der Waals surface area (Å²) in [6.07, 6.45) is 0. The Kier molecular flexibility index (Phi) is 3.68. The molecule has 0 bridgehead atoms. The van der Waals surface area contributed by atoms with Crippen LogP contribution in [0.3, 0.4) is 0 Å². The lowest BCUT2D eigenvalue weighted by Crippen LogP contribution is -2.55. The van der Waals surface area contributed by atoms with Crippen LogP contribution in [0, 0.1) is 0 Å². The number of ether oxygens (including phenoxy) is 1. The van der Waals surface area contributed by atoms with Gasteiger partial charge < -0.3 is 10.1 Å². The second kappa shape index (κ2) is 5.08. The van der Waals surface area contributed by atoms with E-state index in [-0.39, 0.29) is 5.97 Å². The molecule has 1 heterocycles. The molecule has 4 heteroatoms. The third-order valence-corrected chi connectivity index (χ3v) is 3.63. The molecule has 0 fully saturated rings. The van der Waals surface area contributed by atoms with Crippen molar-refractivity contribution in [1.82, 2.24) is 10.2 Å². The highest BCUT2D eigenvalue weighted by atomic mass is 16.5. The molecule has 0 aromatic heterocycles. The highest BCUT2D eigenvalue weighted by Gasteiger charge is 2.36. The SMILES string of the molecule is CNC(C)(CN1Cc2ccccc2C1)C(=O)OC. The van der Waals surface area contributed by atoms with E-state index in [9.17, 15) is 4.79 Å². The minimum atomic E-state index is -0.656. The van der Waals surface area contributed by atoms with Crippen LogP contribution in [0.4, 0.5) is 0 Å². The Labute approximate surface area is 108 Å². The number of rotatable bonds is 4. The van der Waals surface area contributed by atoms with E-state index in [1.165, 1.54) is 18.2 Å². The maximum absolute atomic E-state index is 11.8. The summed E-state index contributed by atoms with van der Waals surface area (Å²) in [6, 6.07) is 8.40. The number of likely N-dealkylation sites (N-methyl/N-ethyl adjacent to an activating group) is 1.